The van der Waals surface area contributed by atoms with E-state index in [1.54, 1.807) is 0 Å². The maximum Gasteiger partial charge on any atom is 0.415 e. The monoisotopic (exact) mass is 193 g/mol. The normalized spacial score (nSPS) is 16.5. The lowest BCUT2D eigenvalue weighted by atomic mass is 10.4. The molecule has 0 radical (unpaired) electrons. The Morgan fingerprint density at radius 3 is 1.91 bits per heavy atom. The van der Waals surface area contributed by atoms with Gasteiger partial charge in [0.1, 0.15) is 0 Å². The third kappa shape index (κ3) is 4.99. The van der Waals surface area contributed by atoms with Crippen LogP contribution in [0.5, 0.6) is 0 Å². The van der Waals surface area contributed by atoms with Gasteiger partial charge in [0.25, 0.3) is 0 Å². The van der Waals surface area contributed by atoms with E-state index in [1.807, 2.05) is 0 Å². The molecule has 1 atom stereocenters. The van der Waals surface area contributed by atoms with E-state index in [0.717, 1.165) is 0 Å². The van der Waals surface area contributed by atoms with E-state index < -0.39 is 28.2 Å². The third-order valence-electron chi connectivity index (χ3n) is 0.740. The lowest BCUT2D eigenvalue weighted by Crippen LogP contribution is -2.35. The summed E-state index contributed by atoms with van der Waals surface area (Å²) >= 11 is 0. The van der Waals surface area contributed by atoms with Gasteiger partial charge < -0.3 is 9.66 Å². The van der Waals surface area contributed by atoms with Crippen LogP contribution in [-0.2, 0) is 10.1 Å². The molecule has 1 N–H and O–H groups in total. The maximum atomic E-state index is 11.3. The molecule has 11 heavy (non-hydrogen) atoms. The summed E-state index contributed by atoms with van der Waals surface area (Å²) in [4.78, 5) is 0. The Bertz CT molecular complexity index is 217. The van der Waals surface area contributed by atoms with Crippen molar-refractivity contribution in [3.8, 4) is 0 Å². The van der Waals surface area contributed by atoms with Gasteiger partial charge in [-0.2, -0.15) is 13.2 Å². The highest BCUT2D eigenvalue weighted by Crippen LogP contribution is 2.20. The fraction of sp³-hybridized carbons (Fsp3) is 1.00. The van der Waals surface area contributed by atoms with Gasteiger partial charge in [0, 0.05) is 0 Å². The SMILES string of the molecule is O=S(=O)([O-])CC(O)C(F)(F)F. The van der Waals surface area contributed by atoms with E-state index >= 15 is 0 Å². The minimum Gasteiger partial charge on any atom is -0.748 e. The molecule has 0 aliphatic heterocycles. The summed E-state index contributed by atoms with van der Waals surface area (Å²) in [5.74, 6) is -1.84. The van der Waals surface area contributed by atoms with Crippen molar-refractivity contribution in [1.29, 1.82) is 0 Å². The van der Waals surface area contributed by atoms with Crippen molar-refractivity contribution in [2.75, 3.05) is 5.75 Å². The zero-order valence-electron chi connectivity index (χ0n) is 5.00. The Hall–Kier alpha value is -0.340. The molecule has 0 aromatic rings. The third-order valence-corrected chi connectivity index (χ3v) is 1.46. The molecule has 8 heteroatoms. The number of alkyl halides is 3. The van der Waals surface area contributed by atoms with Crippen LogP contribution < -0.4 is 0 Å². The Morgan fingerprint density at radius 1 is 1.45 bits per heavy atom. The van der Waals surface area contributed by atoms with Crippen molar-refractivity contribution >= 4 is 10.1 Å². The van der Waals surface area contributed by atoms with E-state index in [0.29, 0.717) is 0 Å². The average molecular weight is 193 g/mol. The number of hydrogen-bond acceptors (Lipinski definition) is 4. The summed E-state index contributed by atoms with van der Waals surface area (Å²) in [6.07, 6.45) is -8.15. The van der Waals surface area contributed by atoms with Crippen molar-refractivity contribution in [2.45, 2.75) is 12.3 Å². The van der Waals surface area contributed by atoms with Crippen molar-refractivity contribution in [3.05, 3.63) is 0 Å². The molecule has 0 heterocycles. The maximum absolute atomic E-state index is 11.3. The van der Waals surface area contributed by atoms with Crippen LogP contribution >= 0.6 is 0 Å². The molecule has 0 saturated heterocycles. The van der Waals surface area contributed by atoms with Crippen LogP contribution in [0.3, 0.4) is 0 Å². The summed E-state index contributed by atoms with van der Waals surface area (Å²) in [6, 6.07) is 0. The van der Waals surface area contributed by atoms with Crippen LogP contribution in [0, 0.1) is 0 Å². The highest BCUT2D eigenvalue weighted by molar-refractivity contribution is 7.85. The Labute approximate surface area is 60.4 Å². The lowest BCUT2D eigenvalue weighted by Gasteiger charge is -2.15. The first-order valence-corrected chi connectivity index (χ1v) is 3.89. The molecule has 68 valence electrons. The Balaban J connectivity index is 4.21. The molecule has 0 aliphatic rings. The second-order valence-electron chi connectivity index (χ2n) is 1.78. The molecule has 0 aliphatic carbocycles. The van der Waals surface area contributed by atoms with Crippen LogP contribution in [0.4, 0.5) is 13.2 Å². The predicted octanol–water partition coefficient (Wildman–Crippen LogP) is -0.545. The molecule has 0 fully saturated rings. The van der Waals surface area contributed by atoms with Crippen molar-refractivity contribution in [1.82, 2.24) is 0 Å². The fourth-order valence-corrected chi connectivity index (χ4v) is 0.864. The van der Waals surface area contributed by atoms with Crippen molar-refractivity contribution < 1.29 is 31.2 Å². The Morgan fingerprint density at radius 2 is 1.82 bits per heavy atom. The topological polar surface area (TPSA) is 77.4 Å². The van der Waals surface area contributed by atoms with Crippen LogP contribution in [0.2, 0.25) is 0 Å². The largest absolute Gasteiger partial charge is 0.748 e. The van der Waals surface area contributed by atoms with Crippen LogP contribution in [-0.4, -0.2) is 36.1 Å². The summed E-state index contributed by atoms with van der Waals surface area (Å²) in [5, 5.41) is 8.02. The summed E-state index contributed by atoms with van der Waals surface area (Å²) in [6.45, 7) is 0. The summed E-state index contributed by atoms with van der Waals surface area (Å²) in [7, 11) is -5.03. The minimum atomic E-state index is -5.06. The molecule has 0 rings (SSSR count). The molecule has 0 aromatic carbocycles. The molecular weight excluding hydrogens is 189 g/mol. The molecule has 0 saturated carbocycles. The second-order valence-corrected chi connectivity index (χ2v) is 3.23. The van der Waals surface area contributed by atoms with Gasteiger partial charge in [-0.25, -0.2) is 8.42 Å². The minimum absolute atomic E-state index is 1.84. The van der Waals surface area contributed by atoms with Gasteiger partial charge in [0.05, 0.1) is 15.9 Å². The van der Waals surface area contributed by atoms with Crippen LogP contribution in [0.25, 0.3) is 0 Å². The number of rotatable bonds is 2. The summed E-state index contributed by atoms with van der Waals surface area (Å²) < 4.78 is 63.0. The lowest BCUT2D eigenvalue weighted by molar-refractivity contribution is -0.196. The highest BCUT2D eigenvalue weighted by Gasteiger charge is 2.39. The molecule has 0 aromatic heterocycles. The molecule has 0 bridgehead atoms. The average Bonchev–Trinajstić information content (AvgIpc) is 1.56. The smallest absolute Gasteiger partial charge is 0.415 e. The Kier molecular flexibility index (Phi) is 2.86. The van der Waals surface area contributed by atoms with Crippen molar-refractivity contribution in [2.24, 2.45) is 0 Å². The molecule has 1 unspecified atom stereocenters. The first-order valence-electron chi connectivity index (χ1n) is 2.31. The number of aliphatic hydroxyl groups is 1. The van der Waals surface area contributed by atoms with E-state index in [4.69, 9.17) is 5.11 Å². The van der Waals surface area contributed by atoms with Crippen LogP contribution in [0.1, 0.15) is 0 Å². The highest BCUT2D eigenvalue weighted by atomic mass is 32.2. The zero-order valence-corrected chi connectivity index (χ0v) is 5.82. The predicted molar refractivity (Wildman–Crippen MR) is 26.6 cm³/mol. The second kappa shape index (κ2) is 2.95. The van der Waals surface area contributed by atoms with Gasteiger partial charge in [0.15, 0.2) is 6.10 Å². The van der Waals surface area contributed by atoms with E-state index in [-0.39, 0.29) is 0 Å². The molecule has 0 spiro atoms. The quantitative estimate of drug-likeness (QED) is 0.597. The standard InChI is InChI=1S/C3H5F3O4S/c4-3(5,6)2(7)1-11(8,9)10/h2,7H,1H2,(H,8,9,10)/p-1. The number of aliphatic hydroxyl groups excluding tert-OH is 1. The van der Waals surface area contributed by atoms with Gasteiger partial charge in [-0.15, -0.1) is 0 Å². The summed E-state index contributed by atoms with van der Waals surface area (Å²) in [5.41, 5.74) is 0. The van der Waals surface area contributed by atoms with Gasteiger partial charge in [-0.3, -0.25) is 0 Å². The van der Waals surface area contributed by atoms with Crippen LogP contribution in [0.15, 0.2) is 0 Å². The van der Waals surface area contributed by atoms with Gasteiger partial charge >= 0.3 is 6.18 Å². The number of halogens is 3. The van der Waals surface area contributed by atoms with Crippen molar-refractivity contribution in [3.63, 3.8) is 0 Å². The first kappa shape index (κ1) is 10.7. The molecular formula is C3H4F3O4S-. The van der Waals surface area contributed by atoms with Gasteiger partial charge in [-0.05, 0) is 0 Å². The van der Waals surface area contributed by atoms with Gasteiger partial charge in [0.2, 0.25) is 0 Å². The van der Waals surface area contributed by atoms with E-state index in [9.17, 15) is 26.1 Å². The van der Waals surface area contributed by atoms with E-state index in [1.165, 1.54) is 0 Å². The first-order chi connectivity index (χ1) is 4.63. The fourth-order valence-electron chi connectivity index (χ4n) is 0.288. The molecule has 0 amide bonds. The van der Waals surface area contributed by atoms with Gasteiger partial charge in [-0.1, -0.05) is 0 Å². The van der Waals surface area contributed by atoms with E-state index in [2.05, 4.69) is 0 Å². The zero-order chi connectivity index (χ0) is 9.28. The molecule has 4 nitrogen and oxygen atoms in total. The number of hydrogen-bond donors (Lipinski definition) is 1.